The molecule has 3 aromatic rings. The van der Waals surface area contributed by atoms with Gasteiger partial charge in [-0.05, 0) is 66.8 Å². The molecule has 7 heteroatoms. The maximum atomic E-state index is 13.8. The molecule has 0 spiro atoms. The highest BCUT2D eigenvalue weighted by molar-refractivity contribution is 7.92. The molecule has 4 rings (SSSR count). The molecule has 1 amide bonds. The Balaban J connectivity index is 1.60. The molecule has 0 heterocycles. The van der Waals surface area contributed by atoms with Crippen molar-refractivity contribution in [1.29, 1.82) is 0 Å². The van der Waals surface area contributed by atoms with Crippen LogP contribution in [-0.4, -0.2) is 28.0 Å². The number of nitrogens with zero attached hydrogens (tertiary/aromatic N) is 1. The van der Waals surface area contributed by atoms with Crippen molar-refractivity contribution >= 4 is 21.6 Å². The van der Waals surface area contributed by atoms with Crippen molar-refractivity contribution in [2.75, 3.05) is 18.0 Å². The Hall–Kier alpha value is -3.32. The second-order valence-electron chi connectivity index (χ2n) is 8.94. The lowest BCUT2D eigenvalue weighted by molar-refractivity contribution is 0.0943. The van der Waals surface area contributed by atoms with E-state index in [1.54, 1.807) is 43.5 Å². The molecule has 0 saturated heterocycles. The first kappa shape index (κ1) is 24.8. The van der Waals surface area contributed by atoms with E-state index in [-0.39, 0.29) is 17.3 Å². The molecule has 0 unspecified atom stereocenters. The molecule has 1 aliphatic carbocycles. The van der Waals surface area contributed by atoms with E-state index in [2.05, 4.69) is 5.32 Å². The van der Waals surface area contributed by atoms with E-state index < -0.39 is 10.0 Å². The first-order chi connectivity index (χ1) is 17.0. The third kappa shape index (κ3) is 6.22. The molecular weight excluding hydrogens is 460 g/mol. The standard InChI is InChI=1S/C28H32N2O4S/c1-34-26-17-15-25(16-18-26)30(21-23-11-6-3-7-12-23)35(32,33)27-14-8-13-24(19-27)28(31)29-20-22-9-4-2-5-10-22/h3,6-8,11-19,22H,2,4-5,9-10,20-21H2,1H3,(H,29,31). The fourth-order valence-electron chi connectivity index (χ4n) is 4.47. The Bertz CT molecular complexity index is 1220. The van der Waals surface area contributed by atoms with Crippen molar-refractivity contribution in [2.45, 2.75) is 43.5 Å². The number of benzene rings is 3. The topological polar surface area (TPSA) is 75.7 Å². The van der Waals surface area contributed by atoms with E-state index in [0.717, 1.165) is 18.4 Å². The largest absolute Gasteiger partial charge is 0.497 e. The second-order valence-corrected chi connectivity index (χ2v) is 10.8. The van der Waals surface area contributed by atoms with Crippen LogP contribution in [0.4, 0.5) is 5.69 Å². The van der Waals surface area contributed by atoms with E-state index in [4.69, 9.17) is 4.74 Å². The summed E-state index contributed by atoms with van der Waals surface area (Å²) >= 11 is 0. The van der Waals surface area contributed by atoms with Crippen molar-refractivity contribution in [2.24, 2.45) is 5.92 Å². The van der Waals surface area contributed by atoms with Crippen molar-refractivity contribution in [3.8, 4) is 5.75 Å². The third-order valence-corrected chi connectivity index (χ3v) is 8.26. The lowest BCUT2D eigenvalue weighted by atomic mass is 9.89. The molecule has 6 nitrogen and oxygen atoms in total. The van der Waals surface area contributed by atoms with Gasteiger partial charge < -0.3 is 10.1 Å². The predicted molar refractivity (Wildman–Crippen MR) is 138 cm³/mol. The summed E-state index contributed by atoms with van der Waals surface area (Å²) in [5.41, 5.74) is 1.71. The molecule has 184 valence electrons. The SMILES string of the molecule is COc1ccc(N(Cc2ccccc2)S(=O)(=O)c2cccc(C(=O)NCC3CCCCC3)c2)cc1. The Morgan fingerprint density at radius 2 is 1.66 bits per heavy atom. The van der Waals surface area contributed by atoms with Crippen LogP contribution in [-0.2, 0) is 16.6 Å². The third-order valence-electron chi connectivity index (χ3n) is 6.49. The zero-order chi connectivity index (χ0) is 24.7. The monoisotopic (exact) mass is 492 g/mol. The van der Waals surface area contributed by atoms with Gasteiger partial charge in [-0.3, -0.25) is 9.10 Å². The number of ether oxygens (including phenoxy) is 1. The number of hydrogen-bond donors (Lipinski definition) is 1. The van der Waals surface area contributed by atoms with E-state index in [1.165, 1.54) is 35.7 Å². The maximum absolute atomic E-state index is 13.8. The minimum Gasteiger partial charge on any atom is -0.497 e. The van der Waals surface area contributed by atoms with E-state index in [1.807, 2.05) is 30.3 Å². The van der Waals surface area contributed by atoms with Gasteiger partial charge >= 0.3 is 0 Å². The number of nitrogens with one attached hydrogen (secondary N) is 1. The maximum Gasteiger partial charge on any atom is 0.264 e. The van der Waals surface area contributed by atoms with E-state index in [9.17, 15) is 13.2 Å². The zero-order valence-electron chi connectivity index (χ0n) is 20.0. The highest BCUT2D eigenvalue weighted by Crippen LogP contribution is 2.28. The summed E-state index contributed by atoms with van der Waals surface area (Å²) in [7, 11) is -2.38. The van der Waals surface area contributed by atoms with Crippen molar-refractivity contribution in [1.82, 2.24) is 5.32 Å². The highest BCUT2D eigenvalue weighted by atomic mass is 32.2. The second kappa shape index (κ2) is 11.4. The van der Waals surface area contributed by atoms with Crippen LogP contribution in [0.3, 0.4) is 0 Å². The average Bonchev–Trinajstić information content (AvgIpc) is 2.91. The Morgan fingerprint density at radius 3 is 2.34 bits per heavy atom. The number of carbonyl (C=O) groups excluding carboxylic acids is 1. The van der Waals surface area contributed by atoms with Crippen LogP contribution in [0.5, 0.6) is 5.75 Å². The van der Waals surface area contributed by atoms with Crippen molar-refractivity contribution in [3.05, 3.63) is 90.0 Å². The summed E-state index contributed by atoms with van der Waals surface area (Å²) in [6.07, 6.45) is 5.93. The summed E-state index contributed by atoms with van der Waals surface area (Å²) in [4.78, 5) is 12.9. The number of carbonyl (C=O) groups is 1. The van der Waals surface area contributed by atoms with Gasteiger partial charge in [-0.25, -0.2) is 8.42 Å². The number of methoxy groups -OCH3 is 1. The fourth-order valence-corrected chi connectivity index (χ4v) is 5.97. The molecule has 1 N–H and O–H groups in total. The van der Waals surface area contributed by atoms with Gasteiger partial charge in [-0.15, -0.1) is 0 Å². The Labute approximate surface area is 208 Å². The minimum absolute atomic E-state index is 0.0783. The summed E-state index contributed by atoms with van der Waals surface area (Å²) in [6.45, 7) is 0.787. The molecule has 3 aromatic carbocycles. The summed E-state index contributed by atoms with van der Waals surface area (Å²) in [6, 6.07) is 22.6. The molecular formula is C28H32N2O4S. The zero-order valence-corrected chi connectivity index (χ0v) is 20.8. The number of sulfonamides is 1. The molecule has 0 aliphatic heterocycles. The Morgan fingerprint density at radius 1 is 0.943 bits per heavy atom. The Kier molecular flexibility index (Phi) is 8.08. The molecule has 0 radical (unpaired) electrons. The van der Waals surface area contributed by atoms with Crippen molar-refractivity contribution < 1.29 is 17.9 Å². The number of anilines is 1. The molecule has 1 aliphatic rings. The van der Waals surface area contributed by atoms with Gasteiger partial charge in [0.05, 0.1) is 24.2 Å². The van der Waals surface area contributed by atoms with Gasteiger partial charge in [0, 0.05) is 12.1 Å². The smallest absolute Gasteiger partial charge is 0.264 e. The van der Waals surface area contributed by atoms with Gasteiger partial charge in [0.15, 0.2) is 0 Å². The first-order valence-electron chi connectivity index (χ1n) is 12.1. The van der Waals surface area contributed by atoms with E-state index >= 15 is 0 Å². The normalized spacial score (nSPS) is 14.3. The van der Waals surface area contributed by atoms with E-state index in [0.29, 0.717) is 29.5 Å². The van der Waals surface area contributed by atoms with Gasteiger partial charge in [0.2, 0.25) is 0 Å². The van der Waals surface area contributed by atoms with Crippen LogP contribution in [0.25, 0.3) is 0 Å². The number of hydrogen-bond acceptors (Lipinski definition) is 4. The van der Waals surface area contributed by atoms with Crippen LogP contribution < -0.4 is 14.4 Å². The lowest BCUT2D eigenvalue weighted by Crippen LogP contribution is -2.32. The van der Waals surface area contributed by atoms with Gasteiger partial charge in [-0.1, -0.05) is 55.7 Å². The molecule has 0 bridgehead atoms. The highest BCUT2D eigenvalue weighted by Gasteiger charge is 2.26. The van der Waals surface area contributed by atoms with Crippen molar-refractivity contribution in [3.63, 3.8) is 0 Å². The molecule has 1 saturated carbocycles. The first-order valence-corrected chi connectivity index (χ1v) is 13.5. The van der Waals surface area contributed by atoms with Crippen LogP contribution in [0.2, 0.25) is 0 Å². The average molecular weight is 493 g/mol. The molecule has 1 fully saturated rings. The van der Waals surface area contributed by atoms with Crippen LogP contribution in [0.1, 0.15) is 48.0 Å². The van der Waals surface area contributed by atoms with Gasteiger partial charge in [-0.2, -0.15) is 0 Å². The molecule has 0 aromatic heterocycles. The quantitative estimate of drug-likeness (QED) is 0.434. The minimum atomic E-state index is -3.95. The van der Waals surface area contributed by atoms with Crippen LogP contribution >= 0.6 is 0 Å². The lowest BCUT2D eigenvalue weighted by Gasteiger charge is -2.25. The number of rotatable bonds is 9. The fraction of sp³-hybridized carbons (Fsp3) is 0.321. The summed E-state index contributed by atoms with van der Waals surface area (Å²) < 4.78 is 34.3. The van der Waals surface area contributed by atoms with Crippen LogP contribution in [0, 0.1) is 5.92 Å². The van der Waals surface area contributed by atoms with Crippen LogP contribution in [0.15, 0.2) is 83.8 Å². The number of amides is 1. The molecule has 0 atom stereocenters. The molecule has 35 heavy (non-hydrogen) atoms. The summed E-state index contributed by atoms with van der Waals surface area (Å²) in [5, 5.41) is 3.00. The van der Waals surface area contributed by atoms with Gasteiger partial charge in [0.1, 0.15) is 5.75 Å². The predicted octanol–water partition coefficient (Wildman–Crippen LogP) is 5.40. The summed E-state index contributed by atoms with van der Waals surface area (Å²) in [5.74, 6) is 0.894. The van der Waals surface area contributed by atoms with Gasteiger partial charge in [0.25, 0.3) is 15.9 Å².